The number of aromatic amines is 1. The van der Waals surface area contributed by atoms with Crippen molar-refractivity contribution in [2.75, 3.05) is 13.1 Å². The quantitative estimate of drug-likeness (QED) is 0.860. The highest BCUT2D eigenvalue weighted by atomic mass is 16.2. The zero-order valence-corrected chi connectivity index (χ0v) is 9.78. The van der Waals surface area contributed by atoms with Crippen LogP contribution in [0.5, 0.6) is 0 Å². The molecule has 0 spiro atoms. The van der Waals surface area contributed by atoms with Crippen LogP contribution in [0.1, 0.15) is 18.4 Å². The van der Waals surface area contributed by atoms with E-state index in [1.165, 1.54) is 17.4 Å². The number of rotatable bonds is 3. The Kier molecular flexibility index (Phi) is 2.59. The number of H-pyrrole nitrogens is 1. The lowest BCUT2D eigenvalue weighted by molar-refractivity contribution is -0.134. The van der Waals surface area contributed by atoms with E-state index in [2.05, 4.69) is 17.1 Å². The van der Waals surface area contributed by atoms with Crippen molar-refractivity contribution in [3.8, 4) is 0 Å². The Morgan fingerprint density at radius 3 is 2.88 bits per heavy atom. The predicted molar refractivity (Wildman–Crippen MR) is 67.8 cm³/mol. The molecule has 1 saturated heterocycles. The number of hydrogen-bond donors (Lipinski definition) is 1. The number of nitrogens with one attached hydrogen (secondary N) is 1. The molecule has 2 aromatic rings. The third-order valence-corrected chi connectivity index (χ3v) is 3.49. The molecular formula is C14H16N2O. The molecule has 1 fully saturated rings. The second-order valence-corrected chi connectivity index (χ2v) is 4.59. The topological polar surface area (TPSA) is 36.1 Å². The van der Waals surface area contributed by atoms with E-state index in [-0.39, 0.29) is 0 Å². The minimum Gasteiger partial charge on any atom is -0.361 e. The molecule has 2 heterocycles. The lowest BCUT2D eigenvalue weighted by Crippen LogP contribution is -2.42. The minimum atomic E-state index is 0.293. The number of amides is 1. The van der Waals surface area contributed by atoms with Gasteiger partial charge in [-0.3, -0.25) is 4.79 Å². The van der Waals surface area contributed by atoms with Gasteiger partial charge >= 0.3 is 0 Å². The first kappa shape index (κ1) is 10.4. The zero-order valence-electron chi connectivity index (χ0n) is 9.78. The van der Waals surface area contributed by atoms with Crippen molar-refractivity contribution in [1.29, 1.82) is 0 Å². The fourth-order valence-corrected chi connectivity index (χ4v) is 2.30. The van der Waals surface area contributed by atoms with E-state index in [4.69, 9.17) is 0 Å². The summed E-state index contributed by atoms with van der Waals surface area (Å²) in [7, 11) is 0. The van der Waals surface area contributed by atoms with Crippen molar-refractivity contribution >= 4 is 16.8 Å². The predicted octanol–water partition coefficient (Wildman–Crippen LogP) is 2.33. The minimum absolute atomic E-state index is 0.293. The van der Waals surface area contributed by atoms with Crippen molar-refractivity contribution < 1.29 is 4.79 Å². The number of carbonyl (C=O) groups excluding carboxylic acids is 1. The molecule has 0 atom stereocenters. The van der Waals surface area contributed by atoms with E-state index in [1.54, 1.807) is 0 Å². The van der Waals surface area contributed by atoms with Gasteiger partial charge in [0.25, 0.3) is 0 Å². The van der Waals surface area contributed by atoms with Crippen LogP contribution in [-0.2, 0) is 11.2 Å². The Balaban J connectivity index is 1.70. The van der Waals surface area contributed by atoms with Crippen LogP contribution in [-0.4, -0.2) is 28.9 Å². The third kappa shape index (κ3) is 1.93. The van der Waals surface area contributed by atoms with E-state index < -0.39 is 0 Å². The summed E-state index contributed by atoms with van der Waals surface area (Å²) >= 11 is 0. The molecule has 3 heteroatoms. The number of likely N-dealkylation sites (tertiary alicyclic amines) is 1. The van der Waals surface area contributed by atoms with Gasteiger partial charge in [0.1, 0.15) is 0 Å². The number of nitrogens with zero attached hydrogens (tertiary/aromatic N) is 1. The van der Waals surface area contributed by atoms with Gasteiger partial charge in [-0.25, -0.2) is 0 Å². The summed E-state index contributed by atoms with van der Waals surface area (Å²) in [5, 5.41) is 1.24. The van der Waals surface area contributed by atoms with Gasteiger partial charge in [-0.15, -0.1) is 0 Å². The Morgan fingerprint density at radius 2 is 2.12 bits per heavy atom. The highest BCUT2D eigenvalue weighted by Crippen LogP contribution is 2.19. The normalized spacial score (nSPS) is 14.9. The van der Waals surface area contributed by atoms with E-state index in [9.17, 15) is 4.79 Å². The third-order valence-electron chi connectivity index (χ3n) is 3.49. The number of para-hydroxylation sites is 1. The maximum absolute atomic E-state index is 11.8. The van der Waals surface area contributed by atoms with Gasteiger partial charge in [0.15, 0.2) is 0 Å². The molecule has 0 aliphatic carbocycles. The van der Waals surface area contributed by atoms with Crippen molar-refractivity contribution in [2.24, 2.45) is 0 Å². The highest BCUT2D eigenvalue weighted by Gasteiger charge is 2.19. The van der Waals surface area contributed by atoms with E-state index in [0.29, 0.717) is 12.3 Å². The molecule has 1 aliphatic rings. The Hall–Kier alpha value is -1.77. The van der Waals surface area contributed by atoms with Gasteiger partial charge in [0.2, 0.25) is 5.91 Å². The van der Waals surface area contributed by atoms with Crippen LogP contribution in [0.15, 0.2) is 30.5 Å². The standard InChI is InChI=1S/C14H16N2O/c17-14(16-8-3-9-16)7-6-11-10-15-13-5-2-1-4-12(11)13/h1-2,4-5,10,15H,3,6-9H2. The molecule has 3 rings (SSSR count). The van der Waals surface area contributed by atoms with Crippen molar-refractivity contribution in [2.45, 2.75) is 19.3 Å². The van der Waals surface area contributed by atoms with Crippen LogP contribution >= 0.6 is 0 Å². The molecule has 1 aromatic heterocycles. The Bertz CT molecular complexity index is 540. The van der Waals surface area contributed by atoms with Crippen molar-refractivity contribution in [1.82, 2.24) is 9.88 Å². The molecule has 0 saturated carbocycles. The lowest BCUT2D eigenvalue weighted by Gasteiger charge is -2.30. The number of aryl methyl sites for hydroxylation is 1. The second-order valence-electron chi connectivity index (χ2n) is 4.59. The Labute approximate surface area is 100 Å². The molecule has 0 unspecified atom stereocenters. The monoisotopic (exact) mass is 228 g/mol. The van der Waals surface area contributed by atoms with E-state index in [1.807, 2.05) is 23.2 Å². The maximum Gasteiger partial charge on any atom is 0.222 e. The van der Waals surface area contributed by atoms with Crippen molar-refractivity contribution in [3.63, 3.8) is 0 Å². The van der Waals surface area contributed by atoms with E-state index >= 15 is 0 Å². The molecule has 1 aliphatic heterocycles. The van der Waals surface area contributed by atoms with E-state index in [0.717, 1.165) is 25.0 Å². The van der Waals surface area contributed by atoms with Gasteiger partial charge in [0, 0.05) is 36.6 Å². The molecule has 0 radical (unpaired) electrons. The summed E-state index contributed by atoms with van der Waals surface area (Å²) < 4.78 is 0. The fourth-order valence-electron chi connectivity index (χ4n) is 2.30. The maximum atomic E-state index is 11.8. The smallest absolute Gasteiger partial charge is 0.222 e. The number of carbonyl (C=O) groups is 1. The SMILES string of the molecule is O=C(CCc1c[nH]c2ccccc12)N1CCC1. The van der Waals surface area contributed by atoms with Crippen LogP contribution in [0.25, 0.3) is 10.9 Å². The highest BCUT2D eigenvalue weighted by molar-refractivity contribution is 5.84. The average Bonchev–Trinajstić information content (AvgIpc) is 2.67. The number of aromatic nitrogens is 1. The summed E-state index contributed by atoms with van der Waals surface area (Å²) in [4.78, 5) is 17.0. The first-order valence-corrected chi connectivity index (χ1v) is 6.17. The van der Waals surface area contributed by atoms with Gasteiger partial charge in [-0.2, -0.15) is 0 Å². The largest absolute Gasteiger partial charge is 0.361 e. The van der Waals surface area contributed by atoms with Gasteiger partial charge in [-0.1, -0.05) is 18.2 Å². The summed E-state index contributed by atoms with van der Waals surface area (Å²) in [5.41, 5.74) is 2.40. The molecule has 1 aromatic carbocycles. The molecular weight excluding hydrogens is 212 g/mol. The number of fused-ring (bicyclic) bond motifs is 1. The second kappa shape index (κ2) is 4.24. The molecule has 1 N–H and O–H groups in total. The molecule has 17 heavy (non-hydrogen) atoms. The molecule has 1 amide bonds. The summed E-state index contributed by atoms with van der Waals surface area (Å²) in [5.74, 6) is 0.293. The summed E-state index contributed by atoms with van der Waals surface area (Å²) in [6, 6.07) is 8.23. The van der Waals surface area contributed by atoms with Crippen LogP contribution in [0.4, 0.5) is 0 Å². The van der Waals surface area contributed by atoms with Gasteiger partial charge in [0.05, 0.1) is 0 Å². The zero-order chi connectivity index (χ0) is 11.7. The van der Waals surface area contributed by atoms with Crippen LogP contribution in [0.3, 0.4) is 0 Å². The lowest BCUT2D eigenvalue weighted by atomic mass is 10.1. The summed E-state index contributed by atoms with van der Waals surface area (Å²) in [6.45, 7) is 1.90. The molecule has 0 bridgehead atoms. The Morgan fingerprint density at radius 1 is 1.29 bits per heavy atom. The van der Waals surface area contributed by atoms with Crippen LogP contribution in [0.2, 0.25) is 0 Å². The molecule has 3 nitrogen and oxygen atoms in total. The summed E-state index contributed by atoms with van der Waals surface area (Å²) in [6.07, 6.45) is 4.65. The average molecular weight is 228 g/mol. The van der Waals surface area contributed by atoms with Crippen LogP contribution < -0.4 is 0 Å². The number of benzene rings is 1. The molecule has 88 valence electrons. The van der Waals surface area contributed by atoms with Gasteiger partial charge < -0.3 is 9.88 Å². The van der Waals surface area contributed by atoms with Crippen molar-refractivity contribution in [3.05, 3.63) is 36.0 Å². The first-order chi connectivity index (χ1) is 8.34. The van der Waals surface area contributed by atoms with Gasteiger partial charge in [-0.05, 0) is 24.5 Å². The fraction of sp³-hybridized carbons (Fsp3) is 0.357. The number of hydrogen-bond acceptors (Lipinski definition) is 1. The van der Waals surface area contributed by atoms with Crippen LogP contribution in [0, 0.1) is 0 Å². The first-order valence-electron chi connectivity index (χ1n) is 6.17.